The third-order valence-corrected chi connectivity index (χ3v) is 4.76. The van der Waals surface area contributed by atoms with Gasteiger partial charge < -0.3 is 14.2 Å². The number of carbonyl (C=O) groups excluding carboxylic acids is 2. The van der Waals surface area contributed by atoms with Crippen LogP contribution in [0.3, 0.4) is 0 Å². The van der Waals surface area contributed by atoms with Crippen molar-refractivity contribution in [2.75, 3.05) is 13.7 Å². The number of rotatable bonds is 8. The molecule has 0 amide bonds. The summed E-state index contributed by atoms with van der Waals surface area (Å²) in [7, 11) is -2.66. The molecule has 0 aliphatic heterocycles. The second-order valence-electron chi connectivity index (χ2n) is 5.79. The number of esters is 1. The van der Waals surface area contributed by atoms with Crippen molar-refractivity contribution in [1.29, 1.82) is 0 Å². The summed E-state index contributed by atoms with van der Waals surface area (Å²) in [4.78, 5) is 23.9. The summed E-state index contributed by atoms with van der Waals surface area (Å²) < 4.78 is 39.0. The van der Waals surface area contributed by atoms with Crippen molar-refractivity contribution in [2.45, 2.75) is 25.3 Å². The predicted molar refractivity (Wildman–Crippen MR) is 101 cm³/mol. The minimum atomic E-state index is -4.00. The lowest BCUT2D eigenvalue weighted by atomic mass is 10.1. The zero-order chi connectivity index (χ0) is 20.9. The third kappa shape index (κ3) is 5.08. The van der Waals surface area contributed by atoms with Crippen LogP contribution < -0.4 is 14.6 Å². The van der Waals surface area contributed by atoms with Gasteiger partial charge in [-0.25, -0.2) is 18.4 Å². The van der Waals surface area contributed by atoms with Gasteiger partial charge in [-0.2, -0.15) is 0 Å². The average molecular weight is 407 g/mol. The number of ketones is 1. The Bertz CT molecular complexity index is 999. The Labute approximate surface area is 163 Å². The summed E-state index contributed by atoms with van der Waals surface area (Å²) in [6.45, 7) is 3.44. The normalized spacial score (nSPS) is 11.0. The lowest BCUT2D eigenvalue weighted by Gasteiger charge is -2.13. The maximum atomic E-state index is 12.5. The molecule has 0 fully saturated rings. The van der Waals surface area contributed by atoms with Gasteiger partial charge in [0.15, 0.2) is 5.78 Å². The second-order valence-corrected chi connectivity index (χ2v) is 7.36. The van der Waals surface area contributed by atoms with Crippen LogP contribution in [0.1, 0.15) is 40.1 Å². The molecule has 0 bridgehead atoms. The van der Waals surface area contributed by atoms with Gasteiger partial charge in [-0.05, 0) is 50.2 Å². The third-order valence-electron chi connectivity index (χ3n) is 3.85. The van der Waals surface area contributed by atoms with Crippen LogP contribution in [0.4, 0.5) is 0 Å². The molecule has 2 rings (SSSR count). The van der Waals surface area contributed by atoms with Crippen LogP contribution in [0.5, 0.6) is 11.5 Å². The van der Waals surface area contributed by atoms with Crippen LogP contribution >= 0.6 is 0 Å². The van der Waals surface area contributed by atoms with Crippen LogP contribution in [-0.2, 0) is 21.4 Å². The summed E-state index contributed by atoms with van der Waals surface area (Å²) >= 11 is 0. The van der Waals surface area contributed by atoms with Gasteiger partial charge in [0.1, 0.15) is 23.7 Å². The molecule has 0 atom stereocenters. The van der Waals surface area contributed by atoms with E-state index < -0.39 is 16.0 Å². The molecule has 0 aliphatic rings. The maximum absolute atomic E-state index is 12.5. The molecule has 0 saturated heterocycles. The SMILES string of the molecule is CCOc1ccc(C(C)=O)cc1COC(=O)c1cc(S(N)(=O)=O)ccc1OC. The van der Waals surface area contributed by atoms with Gasteiger partial charge in [0, 0.05) is 11.1 Å². The first-order valence-corrected chi connectivity index (χ1v) is 9.86. The van der Waals surface area contributed by atoms with Crippen molar-refractivity contribution in [1.82, 2.24) is 0 Å². The zero-order valence-electron chi connectivity index (χ0n) is 15.7. The molecule has 9 heteroatoms. The number of benzene rings is 2. The molecule has 0 radical (unpaired) electrons. The van der Waals surface area contributed by atoms with Crippen molar-refractivity contribution in [3.63, 3.8) is 0 Å². The fourth-order valence-electron chi connectivity index (χ4n) is 2.45. The van der Waals surface area contributed by atoms with E-state index in [-0.39, 0.29) is 28.6 Å². The Hall–Kier alpha value is -2.91. The fourth-order valence-corrected chi connectivity index (χ4v) is 2.99. The largest absolute Gasteiger partial charge is 0.496 e. The van der Waals surface area contributed by atoms with Gasteiger partial charge in [0.05, 0.1) is 18.6 Å². The number of methoxy groups -OCH3 is 1. The van der Waals surface area contributed by atoms with Crippen LogP contribution in [-0.4, -0.2) is 33.9 Å². The van der Waals surface area contributed by atoms with Gasteiger partial charge >= 0.3 is 5.97 Å². The number of hydrogen-bond donors (Lipinski definition) is 1. The Balaban J connectivity index is 2.31. The molecule has 0 heterocycles. The second kappa shape index (κ2) is 8.85. The predicted octanol–water partition coefficient (Wildman–Crippen LogP) is 2.30. The van der Waals surface area contributed by atoms with E-state index in [1.165, 1.54) is 26.2 Å². The summed E-state index contributed by atoms with van der Waals surface area (Å²) in [6.07, 6.45) is 0. The zero-order valence-corrected chi connectivity index (χ0v) is 16.5. The first-order chi connectivity index (χ1) is 13.2. The minimum Gasteiger partial charge on any atom is -0.496 e. The van der Waals surface area contributed by atoms with Crippen molar-refractivity contribution < 1.29 is 32.2 Å². The van der Waals surface area contributed by atoms with E-state index in [0.29, 0.717) is 23.5 Å². The van der Waals surface area contributed by atoms with Gasteiger partial charge in [0.2, 0.25) is 10.0 Å². The Morgan fingerprint density at radius 3 is 2.32 bits per heavy atom. The molecule has 8 nitrogen and oxygen atoms in total. The molecule has 0 aliphatic carbocycles. The molecule has 2 aromatic rings. The summed E-state index contributed by atoms with van der Waals surface area (Å²) in [6, 6.07) is 8.47. The van der Waals surface area contributed by atoms with Gasteiger partial charge in [-0.15, -0.1) is 0 Å². The van der Waals surface area contributed by atoms with Gasteiger partial charge in [-0.3, -0.25) is 4.79 Å². The van der Waals surface area contributed by atoms with Gasteiger partial charge in [0.25, 0.3) is 0 Å². The standard InChI is InChI=1S/C19H21NO7S/c1-4-26-17-7-5-13(12(2)21)9-14(17)11-27-19(22)16-10-15(28(20,23)24)6-8-18(16)25-3/h5-10H,4,11H2,1-3H3,(H2,20,23,24). The average Bonchev–Trinajstić information content (AvgIpc) is 2.65. The highest BCUT2D eigenvalue weighted by molar-refractivity contribution is 7.89. The number of nitrogens with two attached hydrogens (primary N) is 1. The van der Waals surface area contributed by atoms with Gasteiger partial charge in [-0.1, -0.05) is 0 Å². The molecular weight excluding hydrogens is 386 g/mol. The van der Waals surface area contributed by atoms with Crippen molar-refractivity contribution >= 4 is 21.8 Å². The summed E-state index contributed by atoms with van der Waals surface area (Å²) in [5, 5.41) is 5.11. The van der Waals surface area contributed by atoms with Crippen molar-refractivity contribution in [3.8, 4) is 11.5 Å². The molecule has 0 saturated carbocycles. The Kier molecular flexibility index (Phi) is 6.76. The van der Waals surface area contributed by atoms with E-state index in [0.717, 1.165) is 6.07 Å². The van der Waals surface area contributed by atoms with Crippen molar-refractivity contribution in [3.05, 3.63) is 53.1 Å². The fraction of sp³-hybridized carbons (Fsp3) is 0.263. The first kappa shape index (κ1) is 21.4. The molecule has 2 N–H and O–H groups in total. The number of hydrogen-bond acceptors (Lipinski definition) is 7. The summed E-state index contributed by atoms with van der Waals surface area (Å²) in [5.74, 6) is -0.332. The van der Waals surface area contributed by atoms with Crippen LogP contribution in [0.15, 0.2) is 41.3 Å². The van der Waals surface area contributed by atoms with Crippen LogP contribution in [0.2, 0.25) is 0 Å². The van der Waals surface area contributed by atoms with E-state index in [4.69, 9.17) is 19.3 Å². The monoisotopic (exact) mass is 407 g/mol. The number of Topliss-reactive ketones (excluding diaryl/α,β-unsaturated/α-hetero) is 1. The Morgan fingerprint density at radius 1 is 1.07 bits per heavy atom. The molecule has 0 spiro atoms. The van der Waals surface area contributed by atoms with E-state index in [1.54, 1.807) is 25.1 Å². The molecule has 0 aromatic heterocycles. The number of ether oxygens (including phenoxy) is 3. The number of primary sulfonamides is 1. The topological polar surface area (TPSA) is 122 Å². The molecule has 150 valence electrons. The van der Waals surface area contributed by atoms with Crippen LogP contribution in [0, 0.1) is 0 Å². The molecule has 2 aromatic carbocycles. The van der Waals surface area contributed by atoms with Crippen LogP contribution in [0.25, 0.3) is 0 Å². The highest BCUT2D eigenvalue weighted by atomic mass is 32.2. The lowest BCUT2D eigenvalue weighted by molar-refractivity contribution is 0.0465. The number of sulfonamides is 1. The van der Waals surface area contributed by atoms with E-state index >= 15 is 0 Å². The molecular formula is C19H21NO7S. The highest BCUT2D eigenvalue weighted by Gasteiger charge is 2.19. The number of carbonyl (C=O) groups is 2. The smallest absolute Gasteiger partial charge is 0.342 e. The highest BCUT2D eigenvalue weighted by Crippen LogP contribution is 2.25. The minimum absolute atomic E-state index is 0.0882. The summed E-state index contributed by atoms with van der Waals surface area (Å²) in [5.41, 5.74) is 0.863. The van der Waals surface area contributed by atoms with E-state index in [2.05, 4.69) is 0 Å². The molecule has 28 heavy (non-hydrogen) atoms. The van der Waals surface area contributed by atoms with E-state index in [9.17, 15) is 18.0 Å². The maximum Gasteiger partial charge on any atom is 0.342 e. The Morgan fingerprint density at radius 2 is 1.75 bits per heavy atom. The first-order valence-electron chi connectivity index (χ1n) is 8.32. The quantitative estimate of drug-likeness (QED) is 0.526. The lowest BCUT2D eigenvalue weighted by Crippen LogP contribution is -2.14. The van der Waals surface area contributed by atoms with E-state index in [1.807, 2.05) is 0 Å². The molecule has 0 unspecified atom stereocenters. The van der Waals surface area contributed by atoms with Crippen molar-refractivity contribution in [2.24, 2.45) is 5.14 Å².